The normalized spacial score (nSPS) is 20.0. The number of hydrogen-bond donors (Lipinski definition) is 2. The highest BCUT2D eigenvalue weighted by molar-refractivity contribution is 7.84. The first kappa shape index (κ1) is 19.6. The zero-order valence-corrected chi connectivity index (χ0v) is 17.2. The molecule has 0 spiro atoms. The van der Waals surface area contributed by atoms with E-state index < -0.39 is 17.1 Å². The first-order valence-corrected chi connectivity index (χ1v) is 10.8. The van der Waals surface area contributed by atoms with E-state index in [0.29, 0.717) is 18.2 Å². The van der Waals surface area contributed by atoms with Crippen LogP contribution in [0.2, 0.25) is 0 Å². The van der Waals surface area contributed by atoms with Gasteiger partial charge in [0.1, 0.15) is 5.69 Å². The lowest BCUT2D eigenvalue weighted by Crippen LogP contribution is -2.56. The lowest BCUT2D eigenvalue weighted by molar-refractivity contribution is 0.0697. The van der Waals surface area contributed by atoms with Crippen molar-refractivity contribution in [1.82, 2.24) is 14.4 Å². The van der Waals surface area contributed by atoms with Crippen molar-refractivity contribution in [2.75, 3.05) is 28.2 Å². The number of aromatic carboxylic acids is 1. The molecule has 0 amide bonds. The second-order valence-electron chi connectivity index (χ2n) is 7.09. The molecule has 1 aliphatic heterocycles. The van der Waals surface area contributed by atoms with Gasteiger partial charge in [0, 0.05) is 25.3 Å². The van der Waals surface area contributed by atoms with Gasteiger partial charge in [-0.2, -0.15) is 4.98 Å². The molecule has 1 fully saturated rings. The average Bonchev–Trinajstić information content (AvgIpc) is 3.25. The van der Waals surface area contributed by atoms with Crippen LogP contribution in [0.3, 0.4) is 0 Å². The number of rotatable bonds is 5. The van der Waals surface area contributed by atoms with Crippen LogP contribution in [0.15, 0.2) is 30.5 Å². The molecule has 2 N–H and O–H groups in total. The molecule has 1 saturated carbocycles. The Bertz CT molecular complexity index is 932. The number of carboxylic acids is 1. The van der Waals surface area contributed by atoms with Crippen molar-refractivity contribution in [3.63, 3.8) is 0 Å². The van der Waals surface area contributed by atoms with E-state index in [1.165, 1.54) is 12.1 Å². The molecule has 2 aliphatic rings. The molecular formula is C19H24N6O3S. The van der Waals surface area contributed by atoms with Gasteiger partial charge in [-0.15, -0.1) is 4.41 Å². The largest absolute Gasteiger partial charge is 0.478 e. The minimum atomic E-state index is -1.33. The molecule has 1 aromatic heterocycles. The lowest BCUT2D eigenvalue weighted by Gasteiger charge is -2.44. The molecule has 29 heavy (non-hydrogen) atoms. The fourth-order valence-corrected chi connectivity index (χ4v) is 4.98. The third-order valence-corrected chi connectivity index (χ3v) is 6.75. The zero-order valence-electron chi connectivity index (χ0n) is 16.4. The molecule has 0 radical (unpaired) electrons. The molecule has 9 nitrogen and oxygen atoms in total. The number of anilines is 4. The second-order valence-corrected chi connectivity index (χ2v) is 8.52. The highest BCUT2D eigenvalue weighted by Crippen LogP contribution is 2.39. The maximum Gasteiger partial charge on any atom is 0.335 e. The molecule has 10 heteroatoms. The van der Waals surface area contributed by atoms with E-state index in [0.717, 1.165) is 37.2 Å². The fourth-order valence-electron chi connectivity index (χ4n) is 3.82. The summed E-state index contributed by atoms with van der Waals surface area (Å²) in [6.07, 6.45) is 6.08. The summed E-state index contributed by atoms with van der Waals surface area (Å²) in [5, 5.41) is 14.3. The molecule has 0 saturated heterocycles. The molecular weight excluding hydrogens is 392 g/mol. The molecule has 2 heterocycles. The monoisotopic (exact) mass is 416 g/mol. The van der Waals surface area contributed by atoms with Gasteiger partial charge >= 0.3 is 5.97 Å². The van der Waals surface area contributed by atoms with Crippen molar-refractivity contribution in [3.05, 3.63) is 36.0 Å². The Labute approximate surface area is 172 Å². The fraction of sp³-hybridized carbons (Fsp3) is 0.421. The standard InChI is InChI=1S/C19H24N6O3S/c1-3-24-25(15-6-4-5-7-15)17-16(23(2)29(24)28)12-20-19(22-17)21-14-10-8-13(9-11-14)18(26)27/h8-12,15H,3-7H2,1-2H3,(H,26,27)(H,20,21,22). The van der Waals surface area contributed by atoms with Gasteiger partial charge in [-0.05, 0) is 44.0 Å². The van der Waals surface area contributed by atoms with Gasteiger partial charge < -0.3 is 10.4 Å². The number of nitrogens with zero attached hydrogens (tertiary/aromatic N) is 5. The highest BCUT2D eigenvalue weighted by Gasteiger charge is 2.39. The summed E-state index contributed by atoms with van der Waals surface area (Å²) in [6, 6.07) is 6.69. The molecule has 1 aromatic carbocycles. The SMILES string of the molecule is CCN1N(C2CCCC2)c2nc(Nc3ccc(C(=O)O)cc3)ncc2N(C)S1=O. The van der Waals surface area contributed by atoms with E-state index in [2.05, 4.69) is 15.3 Å². The van der Waals surface area contributed by atoms with Crippen molar-refractivity contribution in [2.24, 2.45) is 0 Å². The van der Waals surface area contributed by atoms with Crippen LogP contribution in [0.5, 0.6) is 0 Å². The molecule has 0 bridgehead atoms. The van der Waals surface area contributed by atoms with Crippen molar-refractivity contribution < 1.29 is 14.1 Å². The van der Waals surface area contributed by atoms with Crippen LogP contribution in [0, 0.1) is 0 Å². The van der Waals surface area contributed by atoms with Crippen LogP contribution in [-0.4, -0.2) is 49.3 Å². The molecule has 4 rings (SSSR count). The number of nitrogens with one attached hydrogen (secondary N) is 1. The molecule has 2 aromatic rings. The van der Waals surface area contributed by atoms with E-state index in [-0.39, 0.29) is 11.6 Å². The van der Waals surface area contributed by atoms with Crippen molar-refractivity contribution in [3.8, 4) is 0 Å². The second kappa shape index (κ2) is 7.96. The number of carboxylic acid groups (broad SMARTS) is 1. The van der Waals surface area contributed by atoms with Gasteiger partial charge in [0.15, 0.2) is 5.82 Å². The van der Waals surface area contributed by atoms with Crippen molar-refractivity contribution in [2.45, 2.75) is 38.6 Å². The zero-order chi connectivity index (χ0) is 20.5. The van der Waals surface area contributed by atoms with Crippen LogP contribution >= 0.6 is 0 Å². The van der Waals surface area contributed by atoms with Crippen molar-refractivity contribution in [1.29, 1.82) is 0 Å². The van der Waals surface area contributed by atoms with Crippen LogP contribution in [0.4, 0.5) is 23.1 Å². The number of hydrazine groups is 1. The number of fused-ring (bicyclic) bond motifs is 1. The summed E-state index contributed by atoms with van der Waals surface area (Å²) in [4.78, 5) is 20.2. The van der Waals surface area contributed by atoms with Crippen LogP contribution in [-0.2, 0) is 11.2 Å². The summed E-state index contributed by atoms with van der Waals surface area (Å²) in [5.74, 6) is 0.178. The Morgan fingerprint density at radius 1 is 1.28 bits per heavy atom. The van der Waals surface area contributed by atoms with Gasteiger partial charge in [0.05, 0.1) is 11.8 Å². The number of benzene rings is 1. The van der Waals surface area contributed by atoms with Gasteiger partial charge in [-0.25, -0.2) is 14.0 Å². The van der Waals surface area contributed by atoms with E-state index in [1.54, 1.807) is 29.7 Å². The Balaban J connectivity index is 1.68. The van der Waals surface area contributed by atoms with E-state index in [4.69, 9.17) is 10.1 Å². The smallest absolute Gasteiger partial charge is 0.335 e. The number of carbonyl (C=O) groups is 1. The highest BCUT2D eigenvalue weighted by atomic mass is 32.2. The maximum absolute atomic E-state index is 13.0. The average molecular weight is 417 g/mol. The lowest BCUT2D eigenvalue weighted by atomic mass is 10.2. The Hall–Kier alpha value is -2.72. The molecule has 154 valence electrons. The summed E-state index contributed by atoms with van der Waals surface area (Å²) in [7, 11) is 1.78. The quantitative estimate of drug-likeness (QED) is 0.773. The third kappa shape index (κ3) is 3.65. The Morgan fingerprint density at radius 2 is 1.97 bits per heavy atom. The molecule has 1 unspecified atom stereocenters. The predicted octanol–water partition coefficient (Wildman–Crippen LogP) is 2.93. The van der Waals surface area contributed by atoms with Gasteiger partial charge in [0.25, 0.3) is 0 Å². The van der Waals surface area contributed by atoms with Crippen LogP contribution < -0.4 is 14.6 Å². The molecule has 1 atom stereocenters. The predicted molar refractivity (Wildman–Crippen MR) is 112 cm³/mol. The van der Waals surface area contributed by atoms with Gasteiger partial charge in [-0.1, -0.05) is 12.8 Å². The van der Waals surface area contributed by atoms with E-state index in [9.17, 15) is 9.00 Å². The van der Waals surface area contributed by atoms with E-state index >= 15 is 0 Å². The minimum absolute atomic E-state index is 0.219. The third-order valence-electron chi connectivity index (χ3n) is 5.29. The summed E-state index contributed by atoms with van der Waals surface area (Å²) in [5.41, 5.74) is 1.64. The Kier molecular flexibility index (Phi) is 5.37. The number of aromatic nitrogens is 2. The van der Waals surface area contributed by atoms with Crippen molar-refractivity contribution >= 4 is 40.3 Å². The summed E-state index contributed by atoms with van der Waals surface area (Å²) >= 11 is -1.33. The summed E-state index contributed by atoms with van der Waals surface area (Å²) < 4.78 is 16.5. The van der Waals surface area contributed by atoms with Crippen LogP contribution in [0.1, 0.15) is 43.0 Å². The van der Waals surface area contributed by atoms with Gasteiger partial charge in [-0.3, -0.25) is 9.31 Å². The molecule has 1 aliphatic carbocycles. The van der Waals surface area contributed by atoms with Gasteiger partial charge in [0.2, 0.25) is 17.1 Å². The van der Waals surface area contributed by atoms with E-state index in [1.807, 2.05) is 11.3 Å². The summed E-state index contributed by atoms with van der Waals surface area (Å²) in [6.45, 7) is 2.60. The topological polar surface area (TPSA) is 102 Å². The minimum Gasteiger partial charge on any atom is -0.478 e. The Morgan fingerprint density at radius 3 is 2.59 bits per heavy atom. The first-order valence-electron chi connectivity index (χ1n) is 9.69. The number of hydrogen-bond acceptors (Lipinski definition) is 6. The van der Waals surface area contributed by atoms with Crippen LogP contribution in [0.25, 0.3) is 0 Å². The first-order chi connectivity index (χ1) is 14.0. The maximum atomic E-state index is 13.0.